The third-order valence-electron chi connectivity index (χ3n) is 6.76. The number of hydrogen-bond acceptors (Lipinski definition) is 2. The molecule has 1 aliphatic rings. The summed E-state index contributed by atoms with van der Waals surface area (Å²) in [7, 11) is 0. The summed E-state index contributed by atoms with van der Waals surface area (Å²) in [5.74, 6) is 2.59. The first-order valence-electron chi connectivity index (χ1n) is 10.1. The van der Waals surface area contributed by atoms with Crippen LogP contribution in [0.1, 0.15) is 64.0 Å². The molecule has 1 aliphatic carbocycles. The molecule has 0 radical (unpaired) electrons. The van der Waals surface area contributed by atoms with Crippen LogP contribution in [-0.4, -0.2) is 10.2 Å². The van der Waals surface area contributed by atoms with Crippen molar-refractivity contribution in [3.63, 3.8) is 0 Å². The van der Waals surface area contributed by atoms with Crippen LogP contribution in [0.2, 0.25) is 0 Å². The molecule has 2 heteroatoms. The number of aromatic hydroxyl groups is 2. The molecule has 2 aromatic carbocycles. The average Bonchev–Trinajstić information content (AvgIpc) is 2.67. The van der Waals surface area contributed by atoms with Gasteiger partial charge >= 0.3 is 0 Å². The number of hydrogen-bond donors (Lipinski definition) is 2. The summed E-state index contributed by atoms with van der Waals surface area (Å²) in [5.41, 5.74) is 2.53. The average molecular weight is 353 g/mol. The Morgan fingerprint density at radius 1 is 0.769 bits per heavy atom. The maximum Gasteiger partial charge on any atom is 0.115 e. The molecule has 0 aliphatic heterocycles. The first-order valence-corrected chi connectivity index (χ1v) is 10.1. The highest BCUT2D eigenvalue weighted by atomic mass is 16.3. The molecule has 3 atom stereocenters. The van der Waals surface area contributed by atoms with Crippen LogP contribution in [0.25, 0.3) is 0 Å². The van der Waals surface area contributed by atoms with Gasteiger partial charge in [-0.15, -0.1) is 0 Å². The molecule has 3 unspecified atom stereocenters. The molecule has 2 aromatic rings. The zero-order valence-corrected chi connectivity index (χ0v) is 16.3. The van der Waals surface area contributed by atoms with Crippen molar-refractivity contribution in [3.05, 3.63) is 59.7 Å². The van der Waals surface area contributed by atoms with Gasteiger partial charge in [0.05, 0.1) is 0 Å². The third-order valence-corrected chi connectivity index (χ3v) is 6.76. The largest absolute Gasteiger partial charge is 0.508 e. The van der Waals surface area contributed by atoms with E-state index in [0.29, 0.717) is 29.3 Å². The fourth-order valence-electron chi connectivity index (χ4n) is 5.48. The molecule has 140 valence electrons. The fraction of sp³-hybridized carbons (Fsp3) is 0.500. The van der Waals surface area contributed by atoms with Crippen molar-refractivity contribution >= 4 is 0 Å². The lowest BCUT2D eigenvalue weighted by atomic mass is 9.52. The van der Waals surface area contributed by atoms with Gasteiger partial charge in [0.15, 0.2) is 0 Å². The Morgan fingerprint density at radius 2 is 1.27 bits per heavy atom. The Labute approximate surface area is 157 Å². The zero-order chi connectivity index (χ0) is 18.7. The van der Waals surface area contributed by atoms with E-state index in [2.05, 4.69) is 45.0 Å². The van der Waals surface area contributed by atoms with E-state index in [4.69, 9.17) is 0 Å². The lowest BCUT2D eigenvalue weighted by molar-refractivity contribution is 0.0880. The van der Waals surface area contributed by atoms with Gasteiger partial charge in [-0.25, -0.2) is 0 Å². The van der Waals surface area contributed by atoms with E-state index in [1.165, 1.54) is 30.4 Å². The molecule has 0 amide bonds. The van der Waals surface area contributed by atoms with Crippen LogP contribution in [0, 0.1) is 17.8 Å². The summed E-state index contributed by atoms with van der Waals surface area (Å²) in [6.45, 7) is 6.95. The number of phenols is 2. The topological polar surface area (TPSA) is 40.5 Å². The molecule has 2 N–H and O–H groups in total. The van der Waals surface area contributed by atoms with Crippen molar-refractivity contribution in [2.45, 2.75) is 58.3 Å². The zero-order valence-electron chi connectivity index (χ0n) is 16.3. The Hall–Kier alpha value is -1.96. The molecule has 0 aromatic heterocycles. The maximum atomic E-state index is 9.83. The second kappa shape index (κ2) is 7.73. The van der Waals surface area contributed by atoms with Gasteiger partial charge in [0.25, 0.3) is 0 Å². The maximum absolute atomic E-state index is 9.83. The standard InChI is InChI=1S/C24H32O2/c1-4-17-15-18(5-2)23(6-3)24(16-17,19-7-11-21(25)12-8-19)20-9-13-22(26)14-10-20/h7-14,17-18,23,25-26H,4-6,15-16H2,1-3H3. The Morgan fingerprint density at radius 3 is 1.65 bits per heavy atom. The van der Waals surface area contributed by atoms with Gasteiger partial charge in [0.2, 0.25) is 0 Å². The summed E-state index contributed by atoms with van der Waals surface area (Å²) in [4.78, 5) is 0. The van der Waals surface area contributed by atoms with Crippen molar-refractivity contribution in [1.29, 1.82) is 0 Å². The van der Waals surface area contributed by atoms with Crippen LogP contribution in [0.4, 0.5) is 0 Å². The molecule has 0 saturated heterocycles. The Balaban J connectivity index is 2.23. The van der Waals surface area contributed by atoms with Crippen molar-refractivity contribution in [2.24, 2.45) is 17.8 Å². The van der Waals surface area contributed by atoms with Crippen molar-refractivity contribution in [3.8, 4) is 11.5 Å². The molecule has 1 fully saturated rings. The van der Waals surface area contributed by atoms with Gasteiger partial charge in [-0.3, -0.25) is 0 Å². The Bertz CT molecular complexity index is 656. The quantitative estimate of drug-likeness (QED) is 0.667. The van der Waals surface area contributed by atoms with Crippen LogP contribution in [0.15, 0.2) is 48.5 Å². The predicted molar refractivity (Wildman–Crippen MR) is 108 cm³/mol. The highest BCUT2D eigenvalue weighted by molar-refractivity contribution is 5.44. The van der Waals surface area contributed by atoms with Crippen molar-refractivity contribution < 1.29 is 10.2 Å². The summed E-state index contributed by atoms with van der Waals surface area (Å²) in [6.07, 6.45) is 5.98. The number of rotatable bonds is 5. The van der Waals surface area contributed by atoms with E-state index >= 15 is 0 Å². The van der Waals surface area contributed by atoms with E-state index in [-0.39, 0.29) is 5.41 Å². The number of phenolic OH excluding ortho intramolecular Hbond substituents is 2. The minimum absolute atomic E-state index is 0.0598. The second-order valence-corrected chi connectivity index (χ2v) is 7.96. The van der Waals surface area contributed by atoms with Crippen LogP contribution >= 0.6 is 0 Å². The first kappa shape index (κ1) is 18.8. The first-order chi connectivity index (χ1) is 12.5. The molecule has 3 rings (SSSR count). The summed E-state index contributed by atoms with van der Waals surface area (Å²) >= 11 is 0. The normalized spacial score (nSPS) is 25.1. The van der Waals surface area contributed by atoms with Crippen LogP contribution in [0.5, 0.6) is 11.5 Å². The monoisotopic (exact) mass is 352 g/mol. The van der Waals surface area contributed by atoms with Gasteiger partial charge < -0.3 is 10.2 Å². The summed E-state index contributed by atoms with van der Waals surface area (Å²) in [5, 5.41) is 19.7. The smallest absolute Gasteiger partial charge is 0.115 e. The minimum Gasteiger partial charge on any atom is -0.508 e. The summed E-state index contributed by atoms with van der Waals surface area (Å²) in [6, 6.07) is 15.7. The van der Waals surface area contributed by atoms with E-state index in [1.807, 2.05) is 24.3 Å². The van der Waals surface area contributed by atoms with Gasteiger partial charge in [0, 0.05) is 5.41 Å². The van der Waals surface area contributed by atoms with Crippen LogP contribution in [-0.2, 0) is 5.41 Å². The molecule has 0 spiro atoms. The van der Waals surface area contributed by atoms with E-state index in [1.54, 1.807) is 0 Å². The minimum atomic E-state index is -0.0598. The summed E-state index contributed by atoms with van der Waals surface area (Å²) < 4.78 is 0. The molecule has 1 saturated carbocycles. The fourth-order valence-corrected chi connectivity index (χ4v) is 5.48. The second-order valence-electron chi connectivity index (χ2n) is 7.96. The highest BCUT2D eigenvalue weighted by Gasteiger charge is 2.48. The van der Waals surface area contributed by atoms with Crippen LogP contribution in [0.3, 0.4) is 0 Å². The SMILES string of the molecule is CCC1CC(CC)C(CC)C(c2ccc(O)cc2)(c2ccc(O)cc2)C1. The highest BCUT2D eigenvalue weighted by Crippen LogP contribution is 2.55. The lowest BCUT2D eigenvalue weighted by Crippen LogP contribution is -2.46. The van der Waals surface area contributed by atoms with Gasteiger partial charge in [-0.1, -0.05) is 64.3 Å². The molecule has 2 nitrogen and oxygen atoms in total. The molecule has 26 heavy (non-hydrogen) atoms. The molecular weight excluding hydrogens is 320 g/mol. The van der Waals surface area contributed by atoms with E-state index in [0.717, 1.165) is 12.8 Å². The molecular formula is C24H32O2. The van der Waals surface area contributed by atoms with Crippen molar-refractivity contribution in [2.75, 3.05) is 0 Å². The van der Waals surface area contributed by atoms with Gasteiger partial charge in [-0.2, -0.15) is 0 Å². The van der Waals surface area contributed by atoms with E-state index < -0.39 is 0 Å². The number of benzene rings is 2. The molecule has 0 bridgehead atoms. The predicted octanol–water partition coefficient (Wildman–Crippen LogP) is 6.26. The van der Waals surface area contributed by atoms with Crippen molar-refractivity contribution in [1.82, 2.24) is 0 Å². The lowest BCUT2D eigenvalue weighted by Gasteiger charge is -2.52. The Kier molecular flexibility index (Phi) is 5.60. The molecule has 0 heterocycles. The van der Waals surface area contributed by atoms with Crippen LogP contribution < -0.4 is 0 Å². The van der Waals surface area contributed by atoms with Gasteiger partial charge in [-0.05, 0) is 66.0 Å². The van der Waals surface area contributed by atoms with Gasteiger partial charge in [0.1, 0.15) is 11.5 Å². The third kappa shape index (κ3) is 3.22. The van der Waals surface area contributed by atoms with E-state index in [9.17, 15) is 10.2 Å².